The minimum atomic E-state index is -0.186. The van der Waals surface area contributed by atoms with Gasteiger partial charge in [-0.25, -0.2) is 4.98 Å². The lowest BCUT2D eigenvalue weighted by Gasteiger charge is -2.20. The van der Waals surface area contributed by atoms with Crippen LogP contribution >= 0.6 is 21.0 Å². The van der Waals surface area contributed by atoms with Crippen LogP contribution in [-0.2, 0) is 19.0 Å². The number of pyridine rings is 1. The lowest BCUT2D eigenvalue weighted by molar-refractivity contribution is 0.204. The summed E-state index contributed by atoms with van der Waals surface area (Å²) in [7, 11) is 4.31. The second-order valence-corrected chi connectivity index (χ2v) is 9.87. The molecule has 0 amide bonds. The van der Waals surface area contributed by atoms with Gasteiger partial charge < -0.3 is 18.7 Å². The summed E-state index contributed by atoms with van der Waals surface area (Å²) in [6.07, 6.45) is 3.50. The van der Waals surface area contributed by atoms with Gasteiger partial charge in [0.2, 0.25) is 11.8 Å². The van der Waals surface area contributed by atoms with Gasteiger partial charge in [-0.15, -0.1) is 11.6 Å². The van der Waals surface area contributed by atoms with Crippen LogP contribution in [0.4, 0.5) is 5.95 Å². The van der Waals surface area contributed by atoms with Crippen LogP contribution in [0.15, 0.2) is 65.6 Å². The lowest BCUT2D eigenvalue weighted by Crippen LogP contribution is -2.23. The van der Waals surface area contributed by atoms with E-state index in [0.29, 0.717) is 41.7 Å². The molecule has 0 aliphatic heterocycles. The number of hydrogen-bond acceptors (Lipinski definition) is 6. The molecule has 0 fully saturated rings. The maximum Gasteiger partial charge on any atom is 0.265 e. The average molecular weight is 539 g/mol. The van der Waals surface area contributed by atoms with Gasteiger partial charge in [0.15, 0.2) is 0 Å². The van der Waals surface area contributed by atoms with E-state index in [-0.39, 0.29) is 11.7 Å². The molecule has 0 N–H and O–H groups in total. The van der Waals surface area contributed by atoms with Crippen molar-refractivity contribution in [1.82, 2.24) is 14.5 Å². The molecule has 0 bridgehead atoms. The fourth-order valence-corrected chi connectivity index (χ4v) is 4.57. The zero-order valence-electron chi connectivity index (χ0n) is 21.4. The quantitative estimate of drug-likeness (QED) is 0.174. The predicted octanol–water partition coefficient (Wildman–Crippen LogP) is 5.95. The van der Waals surface area contributed by atoms with Gasteiger partial charge in [-0.1, -0.05) is 49.7 Å². The molecule has 0 aliphatic rings. The summed E-state index contributed by atoms with van der Waals surface area (Å²) in [4.78, 5) is 23.0. The summed E-state index contributed by atoms with van der Waals surface area (Å²) in [6, 6.07) is 17.6. The Balaban J connectivity index is 1.70. The van der Waals surface area contributed by atoms with Crippen LogP contribution in [0.25, 0.3) is 10.9 Å². The van der Waals surface area contributed by atoms with E-state index in [9.17, 15) is 4.79 Å². The molecule has 0 aliphatic carbocycles. The van der Waals surface area contributed by atoms with Gasteiger partial charge in [-0.3, -0.25) is 4.79 Å². The zero-order valence-corrected chi connectivity index (χ0v) is 23.3. The Morgan fingerprint density at radius 2 is 1.70 bits per heavy atom. The summed E-state index contributed by atoms with van der Waals surface area (Å²) >= 11 is 5.91. The zero-order chi connectivity index (χ0) is 26.4. The first-order valence-electron chi connectivity index (χ1n) is 12.3. The predicted molar refractivity (Wildman–Crippen MR) is 153 cm³/mol. The van der Waals surface area contributed by atoms with E-state index in [4.69, 9.17) is 31.0 Å². The number of ether oxygens (including phenoxy) is 2. The minimum absolute atomic E-state index is 0.0911. The fraction of sp³-hybridized carbons (Fsp3) is 0.321. The monoisotopic (exact) mass is 538 g/mol. The number of anilines is 1. The number of methoxy groups -OCH3 is 1. The largest absolute Gasteiger partial charge is 0.497 e. The van der Waals surface area contributed by atoms with Crippen molar-refractivity contribution in [1.29, 1.82) is 0 Å². The maximum absolute atomic E-state index is 13.6. The third kappa shape index (κ3) is 6.60. The molecular formula is C28H32ClN4O3P. The Labute approximate surface area is 224 Å². The SMILES string of the molecule is CCCC(C)Oc1nc(N(P)Cc2ccc(OC)cc2)nc2ccn(Cc3ccc(CCl)cc3)c(=O)c12. The van der Waals surface area contributed by atoms with Crippen molar-refractivity contribution < 1.29 is 9.47 Å². The van der Waals surface area contributed by atoms with Crippen LogP contribution in [0, 0.1) is 0 Å². The summed E-state index contributed by atoms with van der Waals surface area (Å²) < 4.78 is 15.0. The van der Waals surface area contributed by atoms with E-state index in [1.165, 1.54) is 0 Å². The molecule has 0 saturated carbocycles. The number of rotatable bonds is 11. The van der Waals surface area contributed by atoms with E-state index < -0.39 is 0 Å². The van der Waals surface area contributed by atoms with Gasteiger partial charge in [-0.2, -0.15) is 4.98 Å². The highest BCUT2D eigenvalue weighted by Gasteiger charge is 2.19. The molecule has 0 radical (unpaired) electrons. The number of nitrogens with zero attached hydrogens (tertiary/aromatic N) is 4. The Hall–Kier alpha value is -3.15. The van der Waals surface area contributed by atoms with Crippen molar-refractivity contribution in [2.75, 3.05) is 11.8 Å². The number of hydrogen-bond donors (Lipinski definition) is 0. The van der Waals surface area contributed by atoms with Gasteiger partial charge in [0.1, 0.15) is 11.1 Å². The summed E-state index contributed by atoms with van der Waals surface area (Å²) in [6.45, 7) is 5.08. The highest BCUT2D eigenvalue weighted by Crippen LogP contribution is 2.27. The lowest BCUT2D eigenvalue weighted by atomic mass is 10.1. The van der Waals surface area contributed by atoms with Gasteiger partial charge in [0.05, 0.1) is 25.3 Å². The number of fused-ring (bicyclic) bond motifs is 1. The summed E-state index contributed by atoms with van der Waals surface area (Å²) in [5.74, 6) is 2.02. The topological polar surface area (TPSA) is 69.5 Å². The van der Waals surface area contributed by atoms with E-state index in [0.717, 1.165) is 35.3 Å². The first kappa shape index (κ1) is 26.9. The molecule has 2 aromatic carbocycles. The smallest absolute Gasteiger partial charge is 0.265 e. The summed E-state index contributed by atoms with van der Waals surface area (Å²) in [5, 5.41) is 0.384. The van der Waals surface area contributed by atoms with Gasteiger partial charge in [-0.05, 0) is 57.6 Å². The van der Waals surface area contributed by atoms with Crippen molar-refractivity contribution in [3.63, 3.8) is 0 Å². The fourth-order valence-electron chi connectivity index (χ4n) is 4.06. The van der Waals surface area contributed by atoms with Gasteiger partial charge >= 0.3 is 0 Å². The van der Waals surface area contributed by atoms with Crippen LogP contribution in [0.2, 0.25) is 0 Å². The average Bonchev–Trinajstić information content (AvgIpc) is 2.91. The molecular weight excluding hydrogens is 507 g/mol. The van der Waals surface area contributed by atoms with Crippen molar-refractivity contribution in [2.45, 2.75) is 51.8 Å². The normalized spacial score (nSPS) is 11.9. The first-order chi connectivity index (χ1) is 17.9. The molecule has 37 heavy (non-hydrogen) atoms. The molecule has 2 atom stereocenters. The molecule has 7 nitrogen and oxygen atoms in total. The highest BCUT2D eigenvalue weighted by molar-refractivity contribution is 7.18. The van der Waals surface area contributed by atoms with E-state index in [1.54, 1.807) is 17.9 Å². The molecule has 0 spiro atoms. The Morgan fingerprint density at radius 1 is 1.03 bits per heavy atom. The summed E-state index contributed by atoms with van der Waals surface area (Å²) in [5.41, 5.74) is 3.47. The molecule has 2 unspecified atom stereocenters. The van der Waals surface area contributed by atoms with E-state index in [2.05, 4.69) is 16.3 Å². The second-order valence-electron chi connectivity index (χ2n) is 8.98. The highest BCUT2D eigenvalue weighted by atomic mass is 35.5. The van der Waals surface area contributed by atoms with Gasteiger partial charge in [0.25, 0.3) is 5.56 Å². The molecule has 2 aromatic heterocycles. The van der Waals surface area contributed by atoms with Crippen LogP contribution < -0.4 is 19.7 Å². The Morgan fingerprint density at radius 3 is 2.35 bits per heavy atom. The Kier molecular flexibility index (Phi) is 9.01. The van der Waals surface area contributed by atoms with Gasteiger partial charge in [0, 0.05) is 18.6 Å². The molecule has 2 heterocycles. The van der Waals surface area contributed by atoms with Crippen molar-refractivity contribution in [3.8, 4) is 11.6 Å². The number of halogens is 1. The minimum Gasteiger partial charge on any atom is -0.497 e. The standard InChI is InChI=1S/C28H32ClN4O3P/c1-4-5-19(2)36-26-25-24(14-15-32(27(25)34)17-21-8-6-20(16-29)7-9-21)30-28(31-26)33(37)18-22-10-12-23(35-3)13-11-22/h6-15,19H,4-5,16-18,37H2,1-3H3. The molecule has 194 valence electrons. The number of aromatic nitrogens is 3. The molecule has 0 saturated heterocycles. The maximum atomic E-state index is 13.6. The third-order valence-electron chi connectivity index (χ3n) is 6.09. The second kappa shape index (κ2) is 12.4. The van der Waals surface area contributed by atoms with Crippen LogP contribution in [-0.4, -0.2) is 27.7 Å². The molecule has 4 rings (SSSR count). The van der Waals surface area contributed by atoms with E-state index in [1.807, 2.05) is 66.2 Å². The molecule has 9 heteroatoms. The molecule has 4 aromatic rings. The van der Waals surface area contributed by atoms with E-state index >= 15 is 0 Å². The van der Waals surface area contributed by atoms with Crippen LogP contribution in [0.3, 0.4) is 0 Å². The van der Waals surface area contributed by atoms with Crippen LogP contribution in [0.1, 0.15) is 43.4 Å². The first-order valence-corrected chi connectivity index (χ1v) is 13.3. The third-order valence-corrected chi connectivity index (χ3v) is 6.81. The van der Waals surface area contributed by atoms with Crippen molar-refractivity contribution in [2.24, 2.45) is 0 Å². The number of benzene rings is 2. The van der Waals surface area contributed by atoms with Crippen molar-refractivity contribution in [3.05, 3.63) is 87.8 Å². The number of alkyl halides is 1. The van der Waals surface area contributed by atoms with Crippen LogP contribution in [0.5, 0.6) is 11.6 Å². The van der Waals surface area contributed by atoms with Crippen molar-refractivity contribution >= 4 is 37.8 Å². The Bertz CT molecular complexity index is 1390.